The Labute approximate surface area is 147 Å². The van der Waals surface area contributed by atoms with Gasteiger partial charge in [0.2, 0.25) is 0 Å². The number of hydrogen-bond donors (Lipinski definition) is 0. The van der Waals surface area contributed by atoms with E-state index in [-0.39, 0.29) is 0 Å². The minimum Gasteiger partial charge on any atom is -0.294 e. The first-order chi connectivity index (χ1) is 11.7. The van der Waals surface area contributed by atoms with Crippen molar-refractivity contribution in [3.63, 3.8) is 0 Å². The summed E-state index contributed by atoms with van der Waals surface area (Å²) in [6.45, 7) is 8.77. The highest BCUT2D eigenvalue weighted by molar-refractivity contribution is 7.09. The fourth-order valence-corrected chi connectivity index (χ4v) is 3.52. The predicted octanol–water partition coefficient (Wildman–Crippen LogP) is 4.60. The van der Waals surface area contributed by atoms with Gasteiger partial charge in [-0.05, 0) is 30.4 Å². The van der Waals surface area contributed by atoms with Gasteiger partial charge in [0, 0.05) is 42.5 Å². The zero-order chi connectivity index (χ0) is 16.8. The minimum atomic E-state index is 0.907. The van der Waals surface area contributed by atoms with Crippen molar-refractivity contribution in [3.05, 3.63) is 82.3 Å². The van der Waals surface area contributed by atoms with Crippen LogP contribution in [-0.2, 0) is 19.5 Å². The van der Waals surface area contributed by atoms with Crippen LogP contribution in [0.1, 0.15) is 21.7 Å². The van der Waals surface area contributed by atoms with Crippen LogP contribution < -0.4 is 0 Å². The number of aromatic nitrogens is 2. The molecule has 0 bridgehead atoms. The molecule has 3 rings (SSSR count). The van der Waals surface area contributed by atoms with Gasteiger partial charge in [0.1, 0.15) is 0 Å². The van der Waals surface area contributed by atoms with Crippen molar-refractivity contribution in [1.29, 1.82) is 0 Å². The molecule has 0 saturated carbocycles. The number of benzene rings is 1. The van der Waals surface area contributed by atoms with Crippen molar-refractivity contribution in [1.82, 2.24) is 14.7 Å². The zero-order valence-electron chi connectivity index (χ0n) is 14.1. The molecule has 0 atom stereocenters. The van der Waals surface area contributed by atoms with Crippen LogP contribution in [0, 0.1) is 6.92 Å². The molecule has 0 fully saturated rings. The SMILES string of the molecule is C=Cn1cc(CN(CCc2ccccc2)Cc2cccs2)c(C)n1. The Kier molecular flexibility index (Phi) is 5.62. The van der Waals surface area contributed by atoms with Gasteiger partial charge in [0.15, 0.2) is 0 Å². The molecule has 1 aromatic carbocycles. The molecule has 0 spiro atoms. The van der Waals surface area contributed by atoms with E-state index in [1.54, 1.807) is 10.9 Å². The molecule has 0 amide bonds. The molecule has 0 saturated heterocycles. The van der Waals surface area contributed by atoms with Gasteiger partial charge in [-0.25, -0.2) is 4.68 Å². The summed E-state index contributed by atoms with van der Waals surface area (Å²) >= 11 is 1.82. The summed E-state index contributed by atoms with van der Waals surface area (Å²) in [6, 6.07) is 15.0. The molecule has 0 radical (unpaired) electrons. The summed E-state index contributed by atoms with van der Waals surface area (Å²) in [6.07, 6.45) is 4.87. The van der Waals surface area contributed by atoms with Crippen molar-refractivity contribution in [2.24, 2.45) is 0 Å². The van der Waals surface area contributed by atoms with Gasteiger partial charge in [-0.2, -0.15) is 5.10 Å². The van der Waals surface area contributed by atoms with Gasteiger partial charge in [0.25, 0.3) is 0 Å². The summed E-state index contributed by atoms with van der Waals surface area (Å²) in [7, 11) is 0. The maximum atomic E-state index is 4.47. The lowest BCUT2D eigenvalue weighted by molar-refractivity contribution is 0.262. The second-order valence-electron chi connectivity index (χ2n) is 5.93. The lowest BCUT2D eigenvalue weighted by Crippen LogP contribution is -2.25. The molecule has 0 aliphatic carbocycles. The van der Waals surface area contributed by atoms with E-state index in [4.69, 9.17) is 0 Å². The van der Waals surface area contributed by atoms with Crippen molar-refractivity contribution >= 4 is 17.5 Å². The molecule has 0 aliphatic heterocycles. The van der Waals surface area contributed by atoms with E-state index in [1.807, 2.05) is 11.3 Å². The van der Waals surface area contributed by atoms with E-state index in [0.717, 1.165) is 31.7 Å². The fourth-order valence-electron chi connectivity index (χ4n) is 2.78. The van der Waals surface area contributed by atoms with Crippen LogP contribution in [0.3, 0.4) is 0 Å². The normalized spacial score (nSPS) is 11.1. The minimum absolute atomic E-state index is 0.907. The lowest BCUT2D eigenvalue weighted by Gasteiger charge is -2.21. The monoisotopic (exact) mass is 337 g/mol. The third kappa shape index (κ3) is 4.43. The van der Waals surface area contributed by atoms with Gasteiger partial charge in [-0.15, -0.1) is 11.3 Å². The number of aryl methyl sites for hydroxylation is 1. The fraction of sp³-hybridized carbons (Fsp3) is 0.250. The third-order valence-corrected chi connectivity index (χ3v) is 4.98. The summed E-state index contributed by atoms with van der Waals surface area (Å²) in [5, 5.41) is 6.62. The molecule has 3 aromatic rings. The number of rotatable bonds is 8. The molecule has 24 heavy (non-hydrogen) atoms. The molecular formula is C20H23N3S. The molecule has 124 valence electrons. The lowest BCUT2D eigenvalue weighted by atomic mass is 10.1. The highest BCUT2D eigenvalue weighted by Crippen LogP contribution is 2.17. The topological polar surface area (TPSA) is 21.1 Å². The maximum absolute atomic E-state index is 4.47. The van der Waals surface area contributed by atoms with E-state index >= 15 is 0 Å². The van der Waals surface area contributed by atoms with Crippen molar-refractivity contribution < 1.29 is 0 Å². The van der Waals surface area contributed by atoms with Crippen LogP contribution in [0.25, 0.3) is 6.20 Å². The first kappa shape index (κ1) is 16.7. The van der Waals surface area contributed by atoms with Gasteiger partial charge in [-0.3, -0.25) is 4.90 Å². The van der Waals surface area contributed by atoms with Crippen LogP contribution >= 0.6 is 11.3 Å². The highest BCUT2D eigenvalue weighted by atomic mass is 32.1. The summed E-state index contributed by atoms with van der Waals surface area (Å²) in [5.41, 5.74) is 3.72. The molecule has 2 heterocycles. The van der Waals surface area contributed by atoms with Gasteiger partial charge in [-0.1, -0.05) is 43.0 Å². The molecule has 0 aliphatic rings. The Hall–Kier alpha value is -2.17. The Morgan fingerprint density at radius 2 is 2.00 bits per heavy atom. The second-order valence-corrected chi connectivity index (χ2v) is 6.96. The molecule has 2 aromatic heterocycles. The summed E-state index contributed by atoms with van der Waals surface area (Å²) in [4.78, 5) is 3.90. The van der Waals surface area contributed by atoms with Crippen LogP contribution in [0.15, 0.2) is 60.6 Å². The quantitative estimate of drug-likeness (QED) is 0.599. The Bertz CT molecular complexity index is 760. The second kappa shape index (κ2) is 8.08. The molecule has 4 heteroatoms. The van der Waals surface area contributed by atoms with E-state index in [0.29, 0.717) is 0 Å². The number of thiophene rings is 1. The van der Waals surface area contributed by atoms with Crippen LogP contribution in [0.5, 0.6) is 0 Å². The Morgan fingerprint density at radius 3 is 2.67 bits per heavy atom. The standard InChI is InChI=1S/C20H23N3S/c1-3-23-15-19(17(2)21-23)14-22(16-20-10-7-13-24-20)12-11-18-8-5-4-6-9-18/h3-10,13,15H,1,11-12,14,16H2,2H3. The molecule has 3 nitrogen and oxygen atoms in total. The first-order valence-electron chi connectivity index (χ1n) is 8.20. The summed E-state index contributed by atoms with van der Waals surface area (Å²) in [5.74, 6) is 0. The van der Waals surface area contributed by atoms with Gasteiger partial charge < -0.3 is 0 Å². The van der Waals surface area contributed by atoms with E-state index in [9.17, 15) is 0 Å². The number of hydrogen-bond acceptors (Lipinski definition) is 3. The largest absolute Gasteiger partial charge is 0.294 e. The van der Waals surface area contributed by atoms with E-state index < -0.39 is 0 Å². The van der Waals surface area contributed by atoms with Crippen molar-refractivity contribution in [2.75, 3.05) is 6.54 Å². The predicted molar refractivity (Wildman–Crippen MR) is 102 cm³/mol. The Morgan fingerprint density at radius 1 is 1.17 bits per heavy atom. The van der Waals surface area contributed by atoms with Crippen LogP contribution in [0.4, 0.5) is 0 Å². The maximum Gasteiger partial charge on any atom is 0.0642 e. The Balaban J connectivity index is 1.71. The zero-order valence-corrected chi connectivity index (χ0v) is 14.9. The van der Waals surface area contributed by atoms with Gasteiger partial charge in [0.05, 0.1) is 5.69 Å². The smallest absolute Gasteiger partial charge is 0.0642 e. The van der Waals surface area contributed by atoms with Crippen molar-refractivity contribution in [2.45, 2.75) is 26.4 Å². The van der Waals surface area contributed by atoms with E-state index in [1.165, 1.54) is 16.0 Å². The van der Waals surface area contributed by atoms with Crippen LogP contribution in [-0.4, -0.2) is 21.2 Å². The highest BCUT2D eigenvalue weighted by Gasteiger charge is 2.12. The van der Waals surface area contributed by atoms with Crippen LogP contribution in [0.2, 0.25) is 0 Å². The first-order valence-corrected chi connectivity index (χ1v) is 9.08. The van der Waals surface area contributed by atoms with Crippen molar-refractivity contribution in [3.8, 4) is 0 Å². The molecule has 0 unspecified atom stereocenters. The summed E-state index contributed by atoms with van der Waals surface area (Å²) < 4.78 is 1.80. The third-order valence-electron chi connectivity index (χ3n) is 4.12. The van der Waals surface area contributed by atoms with E-state index in [2.05, 4.69) is 77.5 Å². The van der Waals surface area contributed by atoms with Gasteiger partial charge >= 0.3 is 0 Å². The average Bonchev–Trinajstić information content (AvgIpc) is 3.23. The number of nitrogens with zero attached hydrogens (tertiary/aromatic N) is 3. The molecule has 0 N–H and O–H groups in total. The molecular weight excluding hydrogens is 314 g/mol. The average molecular weight is 337 g/mol.